The fraction of sp³-hybridized carbons (Fsp3) is 0.280. The Morgan fingerprint density at radius 2 is 1.89 bits per heavy atom. The molecule has 35 heavy (non-hydrogen) atoms. The number of hydrogen-bond donors (Lipinski definition) is 2. The topological polar surface area (TPSA) is 98.4 Å². The van der Waals surface area contributed by atoms with Crippen LogP contribution in [-0.2, 0) is 11.2 Å². The van der Waals surface area contributed by atoms with Crippen molar-refractivity contribution in [1.29, 1.82) is 0 Å². The Hall–Kier alpha value is -3.76. The minimum Gasteiger partial charge on any atom is -0.493 e. The highest BCUT2D eigenvalue weighted by Crippen LogP contribution is 2.42. The van der Waals surface area contributed by atoms with Crippen LogP contribution in [0.4, 0.5) is 10.5 Å². The molecule has 0 saturated carbocycles. The number of ether oxygens (including phenoxy) is 4. The quantitative estimate of drug-likeness (QED) is 0.537. The molecule has 2 aliphatic rings. The molecule has 0 bridgehead atoms. The summed E-state index contributed by atoms with van der Waals surface area (Å²) < 4.78 is 21.6. The third-order valence-corrected chi connectivity index (χ3v) is 6.94. The van der Waals surface area contributed by atoms with E-state index in [0.29, 0.717) is 35.2 Å². The number of nitrogens with one attached hydrogen (secondary N) is 2. The summed E-state index contributed by atoms with van der Waals surface area (Å²) in [5.74, 6) is 2.09. The number of anilines is 1. The summed E-state index contributed by atoms with van der Waals surface area (Å²) in [6.07, 6.45) is 0.744. The van der Waals surface area contributed by atoms with E-state index in [1.807, 2.05) is 23.6 Å². The van der Waals surface area contributed by atoms with Crippen molar-refractivity contribution in [2.45, 2.75) is 12.5 Å². The molecule has 10 heteroatoms. The zero-order valence-electron chi connectivity index (χ0n) is 19.3. The van der Waals surface area contributed by atoms with Crippen LogP contribution in [0, 0.1) is 0 Å². The molecule has 1 atom stereocenters. The molecule has 1 aromatic heterocycles. The molecule has 3 aromatic rings. The highest BCUT2D eigenvalue weighted by molar-refractivity contribution is 7.10. The lowest BCUT2D eigenvalue weighted by molar-refractivity contribution is -0.121. The van der Waals surface area contributed by atoms with Gasteiger partial charge in [-0.2, -0.15) is 0 Å². The second kappa shape index (κ2) is 9.85. The van der Waals surface area contributed by atoms with Crippen LogP contribution in [0.2, 0.25) is 0 Å². The maximum atomic E-state index is 12.9. The van der Waals surface area contributed by atoms with Crippen LogP contribution in [-0.4, -0.2) is 50.9 Å². The van der Waals surface area contributed by atoms with Crippen molar-refractivity contribution in [1.82, 2.24) is 10.2 Å². The Bertz CT molecular complexity index is 1250. The zero-order chi connectivity index (χ0) is 24.4. The molecular weight excluding hydrogens is 470 g/mol. The number of carbonyl (C=O) groups excluding carboxylic acids is 2. The fourth-order valence-electron chi connectivity index (χ4n) is 4.44. The van der Waals surface area contributed by atoms with Gasteiger partial charge in [-0.25, -0.2) is 4.79 Å². The smallest absolute Gasteiger partial charge is 0.325 e. The molecule has 0 unspecified atom stereocenters. The summed E-state index contributed by atoms with van der Waals surface area (Å²) in [6, 6.07) is 12.3. The van der Waals surface area contributed by atoms with E-state index >= 15 is 0 Å². The van der Waals surface area contributed by atoms with Crippen LogP contribution in [0.25, 0.3) is 0 Å². The van der Waals surface area contributed by atoms with E-state index in [0.717, 1.165) is 22.4 Å². The Labute approximate surface area is 206 Å². The number of imide groups is 1. The first-order valence-electron chi connectivity index (χ1n) is 11.1. The van der Waals surface area contributed by atoms with Crippen molar-refractivity contribution >= 4 is 29.0 Å². The molecule has 2 aliphatic heterocycles. The minimum absolute atomic E-state index is 0.0604. The highest BCUT2D eigenvalue weighted by Gasteiger charge is 2.32. The molecule has 0 radical (unpaired) electrons. The van der Waals surface area contributed by atoms with Crippen molar-refractivity contribution < 1.29 is 28.5 Å². The molecule has 0 aliphatic carbocycles. The van der Waals surface area contributed by atoms with Crippen molar-refractivity contribution in [2.75, 3.05) is 39.4 Å². The molecule has 3 heterocycles. The van der Waals surface area contributed by atoms with E-state index < -0.39 is 11.9 Å². The molecule has 3 amide bonds. The fourth-order valence-corrected chi connectivity index (χ4v) is 5.31. The average molecular weight is 496 g/mol. The number of urea groups is 1. The van der Waals surface area contributed by atoms with Crippen LogP contribution >= 0.6 is 11.3 Å². The number of thiophene rings is 1. The molecule has 2 aromatic carbocycles. The van der Waals surface area contributed by atoms with Crippen LogP contribution < -0.4 is 29.6 Å². The van der Waals surface area contributed by atoms with Gasteiger partial charge >= 0.3 is 6.03 Å². The molecular formula is C25H25N3O6S. The van der Waals surface area contributed by atoms with Gasteiger partial charge in [-0.15, -0.1) is 11.3 Å². The predicted octanol–water partition coefficient (Wildman–Crippen LogP) is 3.79. The average Bonchev–Trinajstić information content (AvgIpc) is 3.54. The van der Waals surface area contributed by atoms with Gasteiger partial charge in [-0.1, -0.05) is 6.07 Å². The van der Waals surface area contributed by atoms with Crippen molar-refractivity contribution in [3.05, 3.63) is 63.8 Å². The molecule has 182 valence electrons. The lowest BCUT2D eigenvalue weighted by Crippen LogP contribution is -2.45. The standard InChI is InChI=1S/C25H25N3O6S/c1-31-19-10-15-7-8-28(24(22-4-3-9-35-22)17(15)12-20(19)32-2)13-23(29)27-25(30)26-16-5-6-18-21(11-16)34-14-33-18/h3-6,9-12,24H,7-8,13-14H2,1-2H3,(H2,26,27,29,30)/t24-/m1/s1. The molecule has 0 fully saturated rings. The molecule has 5 rings (SSSR count). The lowest BCUT2D eigenvalue weighted by atomic mass is 9.91. The summed E-state index contributed by atoms with van der Waals surface area (Å²) in [5.41, 5.74) is 2.72. The number of nitrogens with zero attached hydrogens (tertiary/aromatic N) is 1. The summed E-state index contributed by atoms with van der Waals surface area (Å²) in [5, 5.41) is 7.11. The number of hydrogen-bond acceptors (Lipinski definition) is 8. The van der Waals surface area contributed by atoms with Crippen LogP contribution in [0.3, 0.4) is 0 Å². The molecule has 0 saturated heterocycles. The molecule has 0 spiro atoms. The number of rotatable bonds is 6. The van der Waals surface area contributed by atoms with Gasteiger partial charge in [0.2, 0.25) is 12.7 Å². The Morgan fingerprint density at radius 1 is 1.09 bits per heavy atom. The Kier molecular flexibility index (Phi) is 6.47. The summed E-state index contributed by atoms with van der Waals surface area (Å²) in [6.45, 7) is 0.861. The van der Waals surface area contributed by atoms with Crippen LogP contribution in [0.1, 0.15) is 22.0 Å². The highest BCUT2D eigenvalue weighted by atomic mass is 32.1. The van der Waals surface area contributed by atoms with Crippen LogP contribution in [0.15, 0.2) is 47.8 Å². The third-order valence-electron chi connectivity index (χ3n) is 6.02. The summed E-state index contributed by atoms with van der Waals surface area (Å²) >= 11 is 1.63. The number of benzene rings is 2. The second-order valence-electron chi connectivity index (χ2n) is 8.11. The summed E-state index contributed by atoms with van der Waals surface area (Å²) in [7, 11) is 3.23. The monoisotopic (exact) mass is 495 g/mol. The van der Waals surface area contributed by atoms with Gasteiger partial charge in [-0.3, -0.25) is 15.0 Å². The Morgan fingerprint density at radius 3 is 2.66 bits per heavy atom. The van der Waals surface area contributed by atoms with Gasteiger partial charge in [-0.05, 0) is 53.3 Å². The zero-order valence-corrected chi connectivity index (χ0v) is 20.1. The normalized spacial score (nSPS) is 16.3. The number of methoxy groups -OCH3 is 2. The minimum atomic E-state index is -0.606. The first-order chi connectivity index (χ1) is 17.1. The maximum Gasteiger partial charge on any atom is 0.325 e. The van der Waals surface area contributed by atoms with Gasteiger partial charge in [0.1, 0.15) is 0 Å². The van der Waals surface area contributed by atoms with Gasteiger partial charge in [0, 0.05) is 23.2 Å². The first-order valence-corrected chi connectivity index (χ1v) is 12.0. The van der Waals surface area contributed by atoms with Gasteiger partial charge in [0.05, 0.1) is 26.8 Å². The van der Waals surface area contributed by atoms with Crippen molar-refractivity contribution in [3.8, 4) is 23.0 Å². The number of amides is 3. The molecule has 9 nitrogen and oxygen atoms in total. The lowest BCUT2D eigenvalue weighted by Gasteiger charge is -2.36. The van der Waals surface area contributed by atoms with Gasteiger partial charge in [0.25, 0.3) is 0 Å². The van der Waals surface area contributed by atoms with Crippen molar-refractivity contribution in [3.63, 3.8) is 0 Å². The number of carbonyl (C=O) groups is 2. The largest absolute Gasteiger partial charge is 0.493 e. The van der Waals surface area contributed by atoms with E-state index in [-0.39, 0.29) is 19.4 Å². The summed E-state index contributed by atoms with van der Waals surface area (Å²) in [4.78, 5) is 28.5. The third kappa shape index (κ3) is 4.75. The van der Waals surface area contributed by atoms with Crippen LogP contribution in [0.5, 0.6) is 23.0 Å². The first kappa shape index (κ1) is 23.0. The maximum absolute atomic E-state index is 12.9. The number of fused-ring (bicyclic) bond motifs is 2. The second-order valence-corrected chi connectivity index (χ2v) is 9.09. The van der Waals surface area contributed by atoms with Crippen molar-refractivity contribution in [2.24, 2.45) is 0 Å². The van der Waals surface area contributed by atoms with E-state index in [2.05, 4.69) is 21.6 Å². The molecule has 2 N–H and O–H groups in total. The van der Waals surface area contributed by atoms with E-state index in [1.54, 1.807) is 43.8 Å². The SMILES string of the molecule is COc1cc2c(cc1OC)[C@H](c1cccs1)N(CC(=O)NC(=O)Nc1ccc3c(c1)OCO3)CC2. The van der Waals surface area contributed by atoms with Gasteiger partial charge < -0.3 is 24.3 Å². The van der Waals surface area contributed by atoms with Gasteiger partial charge in [0.15, 0.2) is 23.0 Å². The predicted molar refractivity (Wildman–Crippen MR) is 131 cm³/mol. The van der Waals surface area contributed by atoms with E-state index in [9.17, 15) is 9.59 Å². The Balaban J connectivity index is 1.31. The van der Waals surface area contributed by atoms with E-state index in [4.69, 9.17) is 18.9 Å². The van der Waals surface area contributed by atoms with E-state index in [1.165, 1.54) is 0 Å².